The molecule has 0 bridgehead atoms. The van der Waals surface area contributed by atoms with Gasteiger partial charge in [0.25, 0.3) is 0 Å². The van der Waals surface area contributed by atoms with Crippen molar-refractivity contribution in [1.82, 2.24) is 0 Å². The monoisotopic (exact) mass is 200 g/mol. The Kier molecular flexibility index (Phi) is 3.44. The lowest BCUT2D eigenvalue weighted by Gasteiger charge is -2.47. The third-order valence-corrected chi connectivity index (χ3v) is 5.98. The Morgan fingerprint density at radius 1 is 1.15 bits per heavy atom. The van der Waals surface area contributed by atoms with Gasteiger partial charge in [0.2, 0.25) is 0 Å². The van der Waals surface area contributed by atoms with E-state index in [2.05, 4.69) is 41.0 Å². The topological polar surface area (TPSA) is 0 Å². The van der Waals surface area contributed by atoms with Crippen LogP contribution in [0.2, 0.25) is 0 Å². The van der Waals surface area contributed by atoms with E-state index in [0.29, 0.717) is 5.41 Å². The molecule has 0 aromatic rings. The molecule has 0 radical (unpaired) electrons. The summed E-state index contributed by atoms with van der Waals surface area (Å²) < 4.78 is 0. The summed E-state index contributed by atoms with van der Waals surface area (Å²) in [5.41, 5.74) is 1.59. The second-order valence-corrected chi connectivity index (χ2v) is 8.44. The average Bonchev–Trinajstić information content (AvgIpc) is 1.95. The van der Waals surface area contributed by atoms with Crippen LogP contribution in [0.25, 0.3) is 0 Å². The Morgan fingerprint density at radius 3 is 2.15 bits per heavy atom. The second-order valence-electron chi connectivity index (χ2n) is 5.85. The van der Waals surface area contributed by atoms with Crippen LogP contribution in [0.3, 0.4) is 0 Å². The van der Waals surface area contributed by atoms with E-state index in [9.17, 15) is 0 Å². The zero-order chi connectivity index (χ0) is 10.2. The molecule has 3 atom stereocenters. The van der Waals surface area contributed by atoms with Gasteiger partial charge in [-0.1, -0.05) is 27.7 Å². The summed E-state index contributed by atoms with van der Waals surface area (Å²) in [6, 6.07) is 0. The predicted molar refractivity (Wildman–Crippen MR) is 63.9 cm³/mol. The molecule has 3 unspecified atom stereocenters. The minimum Gasteiger partial charge on any atom is -0.110 e. The zero-order valence-electron chi connectivity index (χ0n) is 10.1. The second kappa shape index (κ2) is 3.89. The van der Waals surface area contributed by atoms with E-state index in [1.807, 2.05) is 0 Å². The fourth-order valence-corrected chi connectivity index (χ4v) is 5.04. The molecular weight excluding hydrogens is 175 g/mol. The van der Waals surface area contributed by atoms with Crippen LogP contribution in [-0.2, 0) is 0 Å². The lowest BCUT2D eigenvalue weighted by atomic mass is 9.66. The van der Waals surface area contributed by atoms with E-state index < -0.39 is 0 Å². The van der Waals surface area contributed by atoms with Crippen molar-refractivity contribution in [3.05, 3.63) is 0 Å². The summed E-state index contributed by atoms with van der Waals surface area (Å²) in [7, 11) is 0.257. The van der Waals surface area contributed by atoms with Crippen LogP contribution >= 0.6 is 7.92 Å². The smallest absolute Gasteiger partial charge is 0.0181 e. The molecule has 1 fully saturated rings. The Labute approximate surface area is 85.2 Å². The van der Waals surface area contributed by atoms with Crippen molar-refractivity contribution in [3.8, 4) is 0 Å². The predicted octanol–water partition coefficient (Wildman–Crippen LogP) is 4.19. The van der Waals surface area contributed by atoms with Crippen molar-refractivity contribution in [2.45, 2.75) is 46.2 Å². The van der Waals surface area contributed by atoms with Gasteiger partial charge in [0.15, 0.2) is 0 Å². The van der Waals surface area contributed by atoms with Crippen LogP contribution in [0.5, 0.6) is 0 Å². The highest BCUT2D eigenvalue weighted by Gasteiger charge is 2.39. The first kappa shape index (κ1) is 11.5. The van der Waals surface area contributed by atoms with Crippen LogP contribution in [0.15, 0.2) is 0 Å². The van der Waals surface area contributed by atoms with E-state index in [4.69, 9.17) is 0 Å². The highest BCUT2D eigenvalue weighted by molar-refractivity contribution is 7.56. The average molecular weight is 200 g/mol. The summed E-state index contributed by atoms with van der Waals surface area (Å²) in [6.45, 7) is 14.7. The molecule has 0 saturated heterocycles. The molecule has 0 amide bonds. The normalized spacial score (nSPS) is 39.5. The van der Waals surface area contributed by atoms with Gasteiger partial charge in [-0.25, -0.2) is 0 Å². The van der Waals surface area contributed by atoms with Gasteiger partial charge in [0, 0.05) is 0 Å². The maximum absolute atomic E-state index is 2.47. The molecule has 0 heterocycles. The van der Waals surface area contributed by atoms with E-state index in [0.717, 1.165) is 17.5 Å². The lowest BCUT2D eigenvalue weighted by molar-refractivity contribution is 0.120. The Morgan fingerprint density at radius 2 is 1.69 bits per heavy atom. The van der Waals surface area contributed by atoms with Crippen molar-refractivity contribution < 1.29 is 0 Å². The summed E-state index contributed by atoms with van der Waals surface area (Å²) in [5.74, 6) is 1.87. The Hall–Kier alpha value is 0.430. The Bertz CT molecular complexity index is 172. The van der Waals surface area contributed by atoms with Gasteiger partial charge in [0.05, 0.1) is 0 Å². The zero-order valence-corrected chi connectivity index (χ0v) is 11.0. The molecular formula is C12H25P. The molecule has 0 aliphatic heterocycles. The first-order valence-corrected chi connectivity index (χ1v) is 7.81. The molecule has 0 aromatic heterocycles. The van der Waals surface area contributed by atoms with E-state index >= 15 is 0 Å². The van der Waals surface area contributed by atoms with Crippen molar-refractivity contribution >= 4 is 7.92 Å². The maximum atomic E-state index is 2.47. The molecule has 0 aromatic carbocycles. The number of hydrogen-bond donors (Lipinski definition) is 0. The van der Waals surface area contributed by atoms with Crippen LogP contribution in [-0.4, -0.2) is 19.0 Å². The highest BCUT2D eigenvalue weighted by atomic mass is 31.1. The van der Waals surface area contributed by atoms with Gasteiger partial charge in [-0.2, -0.15) is 0 Å². The van der Waals surface area contributed by atoms with E-state index in [1.54, 1.807) is 0 Å². The van der Waals surface area contributed by atoms with Crippen molar-refractivity contribution in [1.29, 1.82) is 0 Å². The fraction of sp³-hybridized carbons (Fsp3) is 1.00. The SMILES string of the molecule is CC1CC(P(C)C)C(C)C(C)(C)C1. The van der Waals surface area contributed by atoms with Crippen molar-refractivity contribution in [3.63, 3.8) is 0 Å². The first-order chi connectivity index (χ1) is 5.84. The summed E-state index contributed by atoms with van der Waals surface area (Å²) in [5, 5.41) is 0. The van der Waals surface area contributed by atoms with Gasteiger partial charge in [-0.15, -0.1) is 7.92 Å². The maximum Gasteiger partial charge on any atom is -0.0181 e. The molecule has 0 spiro atoms. The summed E-state index contributed by atoms with van der Waals surface area (Å²) >= 11 is 0. The highest BCUT2D eigenvalue weighted by Crippen LogP contribution is 2.53. The standard InChI is InChI=1S/C12H25P/c1-9-7-11(13(5)6)10(2)12(3,4)8-9/h9-11H,7-8H2,1-6H3. The van der Waals surface area contributed by atoms with E-state index in [-0.39, 0.29) is 7.92 Å². The summed E-state index contributed by atoms with van der Waals surface area (Å²) in [6.07, 6.45) is 2.90. The first-order valence-electron chi connectivity index (χ1n) is 5.51. The largest absolute Gasteiger partial charge is 0.110 e. The Balaban J connectivity index is 2.75. The van der Waals surface area contributed by atoms with Crippen LogP contribution in [0.1, 0.15) is 40.5 Å². The van der Waals surface area contributed by atoms with Crippen LogP contribution in [0, 0.1) is 17.3 Å². The number of rotatable bonds is 1. The minimum atomic E-state index is 0.257. The molecule has 1 saturated carbocycles. The third-order valence-electron chi connectivity index (χ3n) is 3.99. The van der Waals surface area contributed by atoms with Crippen LogP contribution < -0.4 is 0 Å². The molecule has 13 heavy (non-hydrogen) atoms. The lowest BCUT2D eigenvalue weighted by Crippen LogP contribution is -2.38. The van der Waals surface area contributed by atoms with Crippen LogP contribution in [0.4, 0.5) is 0 Å². The van der Waals surface area contributed by atoms with Gasteiger partial charge in [-0.05, 0) is 49.1 Å². The number of hydrogen-bond acceptors (Lipinski definition) is 0. The van der Waals surface area contributed by atoms with Gasteiger partial charge in [0.1, 0.15) is 0 Å². The van der Waals surface area contributed by atoms with E-state index in [1.165, 1.54) is 12.8 Å². The molecule has 0 nitrogen and oxygen atoms in total. The fourth-order valence-electron chi connectivity index (χ4n) is 2.96. The molecule has 78 valence electrons. The quantitative estimate of drug-likeness (QED) is 0.557. The molecule has 1 rings (SSSR count). The molecule has 1 heteroatoms. The molecule has 1 aliphatic carbocycles. The molecule has 0 N–H and O–H groups in total. The molecule has 1 aliphatic rings. The van der Waals surface area contributed by atoms with Crippen molar-refractivity contribution in [2.24, 2.45) is 17.3 Å². The van der Waals surface area contributed by atoms with Gasteiger partial charge >= 0.3 is 0 Å². The van der Waals surface area contributed by atoms with Gasteiger partial charge in [-0.3, -0.25) is 0 Å². The minimum absolute atomic E-state index is 0.257. The summed E-state index contributed by atoms with van der Waals surface area (Å²) in [4.78, 5) is 0. The third kappa shape index (κ3) is 2.46. The van der Waals surface area contributed by atoms with Crippen molar-refractivity contribution in [2.75, 3.05) is 13.3 Å². The van der Waals surface area contributed by atoms with Gasteiger partial charge < -0.3 is 0 Å².